The van der Waals surface area contributed by atoms with E-state index in [-0.39, 0.29) is 23.9 Å². The molecule has 2 unspecified atom stereocenters. The molecule has 1 saturated heterocycles. The van der Waals surface area contributed by atoms with Gasteiger partial charge in [-0.1, -0.05) is 44.1 Å². The van der Waals surface area contributed by atoms with E-state index in [1.54, 1.807) is 0 Å². The number of hydrogen-bond donors (Lipinski definition) is 2. The largest absolute Gasteiger partial charge is 0.386 e. The van der Waals surface area contributed by atoms with Crippen molar-refractivity contribution in [1.82, 2.24) is 15.2 Å². The maximum absolute atomic E-state index is 13.4. The molecule has 0 spiro atoms. The Bertz CT molecular complexity index is 1260. The first kappa shape index (κ1) is 27.2. The van der Waals surface area contributed by atoms with Crippen molar-refractivity contribution in [3.05, 3.63) is 71.0 Å². The van der Waals surface area contributed by atoms with Crippen LogP contribution in [-0.4, -0.2) is 47.0 Å². The summed E-state index contributed by atoms with van der Waals surface area (Å²) >= 11 is 0. The van der Waals surface area contributed by atoms with Gasteiger partial charge >= 0.3 is 0 Å². The highest BCUT2D eigenvalue weighted by atomic mass is 19.1. The summed E-state index contributed by atoms with van der Waals surface area (Å²) in [5, 5.41) is 10.1. The molecule has 3 heterocycles. The first-order chi connectivity index (χ1) is 18.4. The maximum atomic E-state index is 13.4. The van der Waals surface area contributed by atoms with Crippen LogP contribution in [-0.2, 0) is 0 Å². The average molecular weight is 516 g/mol. The molecular weight excluding hydrogens is 477 g/mol. The molecule has 0 saturated carbocycles. The third kappa shape index (κ3) is 5.67. The maximum Gasteiger partial charge on any atom is 0.154 e. The summed E-state index contributed by atoms with van der Waals surface area (Å²) in [4.78, 5) is 10.9. The zero-order valence-corrected chi connectivity index (χ0v) is 22.8. The van der Waals surface area contributed by atoms with Crippen molar-refractivity contribution in [3.63, 3.8) is 0 Å². The van der Waals surface area contributed by atoms with Crippen LogP contribution in [0.1, 0.15) is 65.0 Å². The lowest BCUT2D eigenvalue weighted by Crippen LogP contribution is -2.42. The number of aliphatic imine (C=N–C) groups is 2. The van der Waals surface area contributed by atoms with Crippen LogP contribution >= 0.6 is 0 Å². The van der Waals surface area contributed by atoms with Crippen LogP contribution in [0.15, 0.2) is 74.7 Å². The van der Waals surface area contributed by atoms with Gasteiger partial charge < -0.3 is 16.0 Å². The quantitative estimate of drug-likeness (QED) is 0.536. The molecule has 3 N–H and O–H groups in total. The van der Waals surface area contributed by atoms with Gasteiger partial charge in [-0.25, -0.2) is 14.4 Å². The standard InChI is InChI=1S/C28H32FN7.C2H6/c1-4-36-28-26(27(30)31-17-32-28)24(34-36)14-10-21-16-23(13-7-18(21)2)33-19(3)35-15-5-6-25(35)20-8-11-22(29)12-9-20;1-2/h8-9,11-12,16-17,25-26,28,33H,3-7,13,15H2,1-2H3,(H2,30,31,32);1-2H3/t25-,26?,28?;/m1./s1. The second kappa shape index (κ2) is 12.1. The minimum Gasteiger partial charge on any atom is -0.386 e. The monoisotopic (exact) mass is 515 g/mol. The summed E-state index contributed by atoms with van der Waals surface area (Å²) in [5.41, 5.74) is 11.3. The molecule has 1 aromatic rings. The topological polar surface area (TPSA) is 81.6 Å². The fourth-order valence-corrected chi connectivity index (χ4v) is 5.22. The van der Waals surface area contributed by atoms with Gasteiger partial charge in [0.25, 0.3) is 0 Å². The van der Waals surface area contributed by atoms with Crippen molar-refractivity contribution >= 4 is 17.9 Å². The molecule has 3 aliphatic heterocycles. The number of nitrogens with one attached hydrogen (secondary N) is 1. The number of nitrogens with two attached hydrogens (primary N) is 1. The lowest BCUT2D eigenvalue weighted by atomic mass is 9.95. The Kier molecular flexibility index (Phi) is 8.67. The Balaban J connectivity index is 0.00000164. The van der Waals surface area contributed by atoms with E-state index in [4.69, 9.17) is 5.73 Å². The normalized spacial score (nSPS) is 23.9. The summed E-state index contributed by atoms with van der Waals surface area (Å²) in [6.07, 6.45) is 7.38. The molecule has 4 aliphatic rings. The van der Waals surface area contributed by atoms with Crippen LogP contribution in [0.3, 0.4) is 0 Å². The molecule has 200 valence electrons. The smallest absolute Gasteiger partial charge is 0.154 e. The van der Waals surface area contributed by atoms with E-state index < -0.39 is 0 Å². The van der Waals surface area contributed by atoms with Crippen molar-refractivity contribution in [1.29, 1.82) is 0 Å². The van der Waals surface area contributed by atoms with Gasteiger partial charge in [-0.05, 0) is 69.2 Å². The predicted octanol–water partition coefficient (Wildman–Crippen LogP) is 5.08. The number of hydrazone groups is 1. The molecule has 7 nitrogen and oxygen atoms in total. The van der Waals surface area contributed by atoms with Crippen molar-refractivity contribution in [2.24, 2.45) is 26.7 Å². The van der Waals surface area contributed by atoms with Gasteiger partial charge in [-0.15, -0.1) is 0 Å². The van der Waals surface area contributed by atoms with Gasteiger partial charge in [0.1, 0.15) is 29.6 Å². The van der Waals surface area contributed by atoms with Crippen LogP contribution < -0.4 is 11.1 Å². The molecule has 3 atom stereocenters. The predicted molar refractivity (Wildman–Crippen MR) is 154 cm³/mol. The van der Waals surface area contributed by atoms with Crippen LogP contribution in [0.25, 0.3) is 0 Å². The molecule has 0 aromatic heterocycles. The van der Waals surface area contributed by atoms with Gasteiger partial charge in [-0.2, -0.15) is 5.10 Å². The fraction of sp³-hybridized carbons (Fsp3) is 0.433. The number of nitrogens with zero attached hydrogens (tertiary/aromatic N) is 5. The highest BCUT2D eigenvalue weighted by molar-refractivity contribution is 6.17. The lowest BCUT2D eigenvalue weighted by Gasteiger charge is -2.31. The Hall–Kier alpha value is -3.86. The molecule has 38 heavy (non-hydrogen) atoms. The molecule has 0 radical (unpaired) electrons. The molecular formula is C30H38FN7. The van der Waals surface area contributed by atoms with Crippen molar-refractivity contribution < 1.29 is 4.39 Å². The number of fused-ring (bicyclic) bond motifs is 1. The zero-order chi connectivity index (χ0) is 27.2. The molecule has 1 aliphatic carbocycles. The summed E-state index contributed by atoms with van der Waals surface area (Å²) in [7, 11) is 0. The van der Waals surface area contributed by atoms with E-state index in [9.17, 15) is 4.39 Å². The number of rotatable bonds is 5. The molecule has 0 bridgehead atoms. The van der Waals surface area contributed by atoms with Crippen LogP contribution in [0.2, 0.25) is 0 Å². The second-order valence-corrected chi connectivity index (χ2v) is 9.54. The van der Waals surface area contributed by atoms with Crippen LogP contribution in [0.4, 0.5) is 4.39 Å². The first-order valence-corrected chi connectivity index (χ1v) is 13.5. The van der Waals surface area contributed by atoms with E-state index in [0.717, 1.165) is 61.4 Å². The highest BCUT2D eigenvalue weighted by Crippen LogP contribution is 2.34. The van der Waals surface area contributed by atoms with Gasteiger partial charge in [-0.3, -0.25) is 5.01 Å². The van der Waals surface area contributed by atoms with Gasteiger partial charge in [0.05, 0.1) is 11.9 Å². The third-order valence-corrected chi connectivity index (χ3v) is 7.24. The van der Waals surface area contributed by atoms with Crippen LogP contribution in [0, 0.1) is 23.6 Å². The number of hydrogen-bond acceptors (Lipinski definition) is 7. The van der Waals surface area contributed by atoms with Crippen molar-refractivity contribution in [2.45, 2.75) is 65.6 Å². The lowest BCUT2D eigenvalue weighted by molar-refractivity contribution is 0.235. The molecule has 8 heteroatoms. The van der Waals surface area contributed by atoms with E-state index in [1.807, 2.05) is 37.9 Å². The summed E-state index contributed by atoms with van der Waals surface area (Å²) in [6, 6.07) is 7.00. The van der Waals surface area contributed by atoms with E-state index >= 15 is 0 Å². The fourth-order valence-electron chi connectivity index (χ4n) is 5.22. The molecule has 1 aromatic carbocycles. The SMILES string of the molecule is C=C(NC1=CC(C#CC2=NN(CC)C3N=CN=C(N)C23)=C(C)CC1)N1CCC[C@@H]1c1ccc(F)cc1.CC. The number of allylic oxidation sites excluding steroid dienone is 4. The van der Waals surface area contributed by atoms with Crippen molar-refractivity contribution in [3.8, 4) is 11.8 Å². The van der Waals surface area contributed by atoms with E-state index in [2.05, 4.69) is 56.7 Å². The minimum absolute atomic E-state index is 0.163. The number of amidine groups is 1. The molecule has 5 rings (SSSR count). The second-order valence-electron chi connectivity index (χ2n) is 9.54. The summed E-state index contributed by atoms with van der Waals surface area (Å²) in [6.45, 7) is 14.1. The Morgan fingerprint density at radius 2 is 1.97 bits per heavy atom. The summed E-state index contributed by atoms with van der Waals surface area (Å²) < 4.78 is 13.4. The molecule has 0 amide bonds. The first-order valence-electron chi connectivity index (χ1n) is 13.5. The number of likely N-dealkylation sites (tertiary alicyclic amines) is 1. The van der Waals surface area contributed by atoms with Crippen molar-refractivity contribution in [2.75, 3.05) is 13.1 Å². The molecule has 1 fully saturated rings. The van der Waals surface area contributed by atoms with Gasteiger partial charge in [0.2, 0.25) is 0 Å². The number of benzene rings is 1. The summed E-state index contributed by atoms with van der Waals surface area (Å²) in [5.74, 6) is 7.56. The van der Waals surface area contributed by atoms with E-state index in [1.165, 1.54) is 24.0 Å². The van der Waals surface area contributed by atoms with E-state index in [0.29, 0.717) is 11.5 Å². The highest BCUT2D eigenvalue weighted by Gasteiger charge is 2.39. The average Bonchev–Trinajstić information content (AvgIpc) is 3.56. The van der Waals surface area contributed by atoms with Crippen LogP contribution in [0.5, 0.6) is 0 Å². The van der Waals surface area contributed by atoms with Gasteiger partial charge in [0.15, 0.2) is 6.17 Å². The number of halogens is 1. The minimum atomic E-state index is -0.212. The Morgan fingerprint density at radius 3 is 2.71 bits per heavy atom. The third-order valence-electron chi connectivity index (χ3n) is 7.24. The Morgan fingerprint density at radius 1 is 1.21 bits per heavy atom. The zero-order valence-electron chi connectivity index (χ0n) is 22.8. The van der Waals surface area contributed by atoms with Gasteiger partial charge in [0, 0.05) is 24.4 Å². The Labute approximate surface area is 225 Å².